The molecule has 21 heavy (non-hydrogen) atoms. The quantitative estimate of drug-likeness (QED) is 0.847. The molecule has 0 radical (unpaired) electrons. The van der Waals surface area contributed by atoms with Gasteiger partial charge < -0.3 is 24.9 Å². The smallest absolute Gasteiger partial charge is 0.163 e. The van der Waals surface area contributed by atoms with E-state index < -0.39 is 0 Å². The van der Waals surface area contributed by atoms with Crippen molar-refractivity contribution in [2.45, 2.75) is 26.8 Å². The Bertz CT molecular complexity index is 664. The van der Waals surface area contributed by atoms with Gasteiger partial charge in [-0.1, -0.05) is 0 Å². The Morgan fingerprint density at radius 3 is 2.38 bits per heavy atom. The fourth-order valence-corrected chi connectivity index (χ4v) is 2.62. The summed E-state index contributed by atoms with van der Waals surface area (Å²) in [4.78, 5) is 0. The van der Waals surface area contributed by atoms with Crippen LogP contribution in [0.3, 0.4) is 0 Å². The monoisotopic (exact) mass is 288 g/mol. The van der Waals surface area contributed by atoms with Crippen LogP contribution in [0.25, 0.3) is 0 Å². The Morgan fingerprint density at radius 2 is 1.76 bits per heavy atom. The first-order chi connectivity index (χ1) is 10.0. The number of nitrogens with one attached hydrogen (secondary N) is 1. The van der Waals surface area contributed by atoms with Gasteiger partial charge in [-0.25, -0.2) is 0 Å². The van der Waals surface area contributed by atoms with Crippen molar-refractivity contribution in [1.82, 2.24) is 0 Å². The number of furan rings is 1. The molecule has 0 fully saturated rings. The van der Waals surface area contributed by atoms with Crippen molar-refractivity contribution in [2.75, 3.05) is 24.3 Å². The first-order valence-corrected chi connectivity index (χ1v) is 7.07. The molecule has 1 atom stereocenters. The minimum atomic E-state index is 0.0901. The van der Waals surface area contributed by atoms with Crippen LogP contribution >= 0.6 is 0 Å². The molecule has 1 aromatic carbocycles. The third kappa shape index (κ3) is 2.63. The lowest BCUT2D eigenvalue weighted by molar-refractivity contribution is 0.172. The van der Waals surface area contributed by atoms with Gasteiger partial charge in [-0.15, -0.1) is 0 Å². The molecular weight excluding hydrogens is 268 g/mol. The van der Waals surface area contributed by atoms with Crippen LogP contribution in [0.4, 0.5) is 11.4 Å². The summed E-state index contributed by atoms with van der Waals surface area (Å²) in [7, 11) is 0. The number of fused-ring (bicyclic) bond motifs is 1. The molecule has 112 valence electrons. The standard InChI is InChI=1S/C16H20N2O3/c1-9-6-12(11(3)21-9)10(2)18-14-8-16-15(7-13(14)17)19-4-5-20-16/h6-8,10,18H,4-5,17H2,1-3H3. The number of hydrogen-bond acceptors (Lipinski definition) is 5. The molecule has 5 nitrogen and oxygen atoms in total. The van der Waals surface area contributed by atoms with Crippen molar-refractivity contribution in [3.63, 3.8) is 0 Å². The van der Waals surface area contributed by atoms with Gasteiger partial charge in [-0.05, 0) is 26.8 Å². The summed E-state index contributed by atoms with van der Waals surface area (Å²) in [6.45, 7) is 7.11. The van der Waals surface area contributed by atoms with Gasteiger partial charge in [0.25, 0.3) is 0 Å². The third-order valence-electron chi connectivity index (χ3n) is 3.63. The van der Waals surface area contributed by atoms with Crippen molar-refractivity contribution >= 4 is 11.4 Å². The summed E-state index contributed by atoms with van der Waals surface area (Å²) in [5.74, 6) is 3.26. The van der Waals surface area contributed by atoms with Crippen LogP contribution < -0.4 is 20.5 Å². The fourth-order valence-electron chi connectivity index (χ4n) is 2.62. The normalized spacial score (nSPS) is 14.8. The zero-order valence-corrected chi connectivity index (χ0v) is 12.5. The first kappa shape index (κ1) is 13.7. The van der Waals surface area contributed by atoms with Crippen LogP contribution in [0.15, 0.2) is 22.6 Å². The van der Waals surface area contributed by atoms with Gasteiger partial charge in [-0.2, -0.15) is 0 Å². The van der Waals surface area contributed by atoms with Gasteiger partial charge in [0, 0.05) is 17.7 Å². The van der Waals surface area contributed by atoms with E-state index in [-0.39, 0.29) is 6.04 Å². The lowest BCUT2D eigenvalue weighted by atomic mass is 10.1. The average Bonchev–Trinajstić information content (AvgIpc) is 2.78. The molecular formula is C16H20N2O3. The van der Waals surface area contributed by atoms with Crippen LogP contribution in [-0.2, 0) is 0 Å². The number of ether oxygens (including phenoxy) is 2. The maximum absolute atomic E-state index is 6.09. The molecule has 2 heterocycles. The lowest BCUT2D eigenvalue weighted by Crippen LogP contribution is -2.16. The summed E-state index contributed by atoms with van der Waals surface area (Å²) < 4.78 is 16.7. The SMILES string of the molecule is Cc1cc(C(C)Nc2cc3c(cc2N)OCCO3)c(C)o1. The molecule has 1 aromatic heterocycles. The van der Waals surface area contributed by atoms with E-state index in [1.54, 1.807) is 6.07 Å². The highest BCUT2D eigenvalue weighted by Gasteiger charge is 2.18. The second-order valence-corrected chi connectivity index (χ2v) is 5.32. The summed E-state index contributed by atoms with van der Waals surface area (Å²) in [6, 6.07) is 5.83. The molecule has 3 rings (SSSR count). The molecule has 0 spiro atoms. The fraction of sp³-hybridized carbons (Fsp3) is 0.375. The van der Waals surface area contributed by atoms with E-state index in [1.807, 2.05) is 26.0 Å². The zero-order valence-electron chi connectivity index (χ0n) is 12.5. The molecule has 2 aromatic rings. The summed E-state index contributed by atoms with van der Waals surface area (Å²) in [6.07, 6.45) is 0. The maximum atomic E-state index is 6.09. The van der Waals surface area contributed by atoms with E-state index in [1.165, 1.54) is 0 Å². The molecule has 1 aliphatic heterocycles. The van der Waals surface area contributed by atoms with Crippen LogP contribution in [0.1, 0.15) is 30.0 Å². The van der Waals surface area contributed by atoms with Crippen LogP contribution in [0.2, 0.25) is 0 Å². The van der Waals surface area contributed by atoms with Crippen molar-refractivity contribution in [1.29, 1.82) is 0 Å². The first-order valence-electron chi connectivity index (χ1n) is 7.07. The predicted molar refractivity (Wildman–Crippen MR) is 82.1 cm³/mol. The number of nitrogens with two attached hydrogens (primary N) is 1. The van der Waals surface area contributed by atoms with Crippen LogP contribution in [-0.4, -0.2) is 13.2 Å². The van der Waals surface area contributed by atoms with Crippen molar-refractivity contribution < 1.29 is 13.9 Å². The molecule has 1 aliphatic rings. The number of anilines is 2. The highest BCUT2D eigenvalue weighted by atomic mass is 16.6. The minimum absolute atomic E-state index is 0.0901. The number of benzene rings is 1. The predicted octanol–water partition coefficient (Wildman–Crippen LogP) is 3.42. The van der Waals surface area contributed by atoms with Gasteiger partial charge in [0.15, 0.2) is 11.5 Å². The molecule has 0 saturated heterocycles. The van der Waals surface area contributed by atoms with E-state index in [2.05, 4.69) is 12.2 Å². The molecule has 0 bridgehead atoms. The van der Waals surface area contributed by atoms with E-state index in [0.29, 0.717) is 24.7 Å². The van der Waals surface area contributed by atoms with E-state index in [9.17, 15) is 0 Å². The number of rotatable bonds is 3. The Balaban J connectivity index is 1.86. The Hall–Kier alpha value is -2.30. The van der Waals surface area contributed by atoms with Gasteiger partial charge >= 0.3 is 0 Å². The van der Waals surface area contributed by atoms with Crippen molar-refractivity contribution in [3.8, 4) is 11.5 Å². The second-order valence-electron chi connectivity index (χ2n) is 5.32. The largest absolute Gasteiger partial charge is 0.486 e. The molecule has 1 unspecified atom stereocenters. The second kappa shape index (κ2) is 5.24. The molecule has 0 saturated carbocycles. The Labute approximate surface area is 124 Å². The lowest BCUT2D eigenvalue weighted by Gasteiger charge is -2.22. The number of nitrogen functional groups attached to an aromatic ring is 1. The Morgan fingerprint density at radius 1 is 1.10 bits per heavy atom. The number of hydrogen-bond donors (Lipinski definition) is 2. The van der Waals surface area contributed by atoms with E-state index in [0.717, 1.165) is 28.5 Å². The highest BCUT2D eigenvalue weighted by Crippen LogP contribution is 2.38. The van der Waals surface area contributed by atoms with E-state index >= 15 is 0 Å². The summed E-state index contributed by atoms with van der Waals surface area (Å²) >= 11 is 0. The summed E-state index contributed by atoms with van der Waals surface area (Å²) in [5.41, 5.74) is 8.70. The van der Waals surface area contributed by atoms with Gasteiger partial charge in [0.05, 0.1) is 17.4 Å². The average molecular weight is 288 g/mol. The zero-order chi connectivity index (χ0) is 15.0. The Kier molecular flexibility index (Phi) is 3.41. The third-order valence-corrected chi connectivity index (χ3v) is 3.63. The van der Waals surface area contributed by atoms with E-state index in [4.69, 9.17) is 19.6 Å². The number of aryl methyl sites for hydroxylation is 2. The maximum Gasteiger partial charge on any atom is 0.163 e. The molecule has 5 heteroatoms. The topological polar surface area (TPSA) is 69.7 Å². The minimum Gasteiger partial charge on any atom is -0.486 e. The van der Waals surface area contributed by atoms with Crippen LogP contribution in [0, 0.1) is 13.8 Å². The molecule has 0 amide bonds. The molecule has 0 aliphatic carbocycles. The van der Waals surface area contributed by atoms with Gasteiger partial charge in [0.1, 0.15) is 24.7 Å². The molecule has 3 N–H and O–H groups in total. The van der Waals surface area contributed by atoms with Crippen molar-refractivity contribution in [2.24, 2.45) is 0 Å². The van der Waals surface area contributed by atoms with Crippen LogP contribution in [0.5, 0.6) is 11.5 Å². The highest BCUT2D eigenvalue weighted by molar-refractivity contribution is 5.72. The van der Waals surface area contributed by atoms with Gasteiger partial charge in [-0.3, -0.25) is 0 Å². The van der Waals surface area contributed by atoms with Crippen molar-refractivity contribution in [3.05, 3.63) is 35.3 Å². The summed E-state index contributed by atoms with van der Waals surface area (Å²) in [5, 5.41) is 3.41. The van der Waals surface area contributed by atoms with Gasteiger partial charge in [0.2, 0.25) is 0 Å².